The molecule has 1 heterocycles. The number of nitrogens with zero attached hydrogens (tertiary/aromatic N) is 2. The molecule has 1 aliphatic heterocycles. The fraction of sp³-hybridized carbons (Fsp3) is 0.391. The number of hydrogen-bond acceptors (Lipinski definition) is 3. The van der Waals surface area contributed by atoms with Crippen molar-refractivity contribution in [1.29, 1.82) is 0 Å². The number of carbonyl (C=O) groups is 2. The molecule has 2 aromatic carbocycles. The van der Waals surface area contributed by atoms with E-state index < -0.39 is 23.5 Å². The second kappa shape index (κ2) is 10.4. The van der Waals surface area contributed by atoms with Crippen molar-refractivity contribution < 1.29 is 22.8 Å². The van der Waals surface area contributed by atoms with E-state index in [1.165, 1.54) is 42.5 Å². The number of carbonyl (C=O) groups excluding carboxylic acids is 2. The molecule has 1 N–H and O–H groups in total. The molecule has 0 bridgehead atoms. The number of halogens is 3. The summed E-state index contributed by atoms with van der Waals surface area (Å²) in [4.78, 5) is 28.7. The zero-order valence-corrected chi connectivity index (χ0v) is 17.4. The summed E-state index contributed by atoms with van der Waals surface area (Å²) in [6.45, 7) is 4.03. The zero-order chi connectivity index (χ0) is 22.4. The molecule has 0 saturated carbocycles. The summed E-state index contributed by atoms with van der Waals surface area (Å²) in [6.07, 6.45) is 0.764. The van der Waals surface area contributed by atoms with Crippen LogP contribution in [0.3, 0.4) is 0 Å². The predicted molar refractivity (Wildman–Crippen MR) is 111 cm³/mol. The maximum Gasteiger partial charge on any atom is 0.253 e. The first-order chi connectivity index (χ1) is 14.8. The Bertz CT molecular complexity index is 901. The van der Waals surface area contributed by atoms with Crippen molar-refractivity contribution in [3.63, 3.8) is 0 Å². The molecule has 3 rings (SSSR count). The monoisotopic (exact) mass is 433 g/mol. The van der Waals surface area contributed by atoms with Crippen molar-refractivity contribution in [2.45, 2.75) is 25.8 Å². The minimum Gasteiger partial charge on any atom is -0.352 e. The first kappa shape index (κ1) is 22.8. The highest BCUT2D eigenvalue weighted by Crippen LogP contribution is 2.14. The normalized spacial score (nSPS) is 15.9. The van der Waals surface area contributed by atoms with E-state index in [-0.39, 0.29) is 30.3 Å². The second-order valence-electron chi connectivity index (χ2n) is 7.80. The third-order valence-corrected chi connectivity index (χ3v) is 5.31. The molecule has 1 fully saturated rings. The van der Waals surface area contributed by atoms with Gasteiger partial charge in [-0.25, -0.2) is 13.2 Å². The van der Waals surface area contributed by atoms with Gasteiger partial charge in [-0.2, -0.15) is 0 Å². The Morgan fingerprint density at radius 3 is 2.32 bits per heavy atom. The first-order valence-electron chi connectivity index (χ1n) is 10.3. The van der Waals surface area contributed by atoms with E-state index >= 15 is 0 Å². The van der Waals surface area contributed by atoms with Crippen LogP contribution in [0.5, 0.6) is 0 Å². The molecule has 1 aliphatic rings. The van der Waals surface area contributed by atoms with Crippen LogP contribution in [0.2, 0.25) is 0 Å². The summed E-state index contributed by atoms with van der Waals surface area (Å²) < 4.78 is 40.7. The van der Waals surface area contributed by atoms with Crippen LogP contribution in [0.1, 0.15) is 29.3 Å². The van der Waals surface area contributed by atoms with Gasteiger partial charge >= 0.3 is 0 Å². The Hall–Kier alpha value is -2.87. The average molecular weight is 433 g/mol. The number of hydrogen-bond donors (Lipinski definition) is 1. The molecule has 166 valence electrons. The lowest BCUT2D eigenvalue weighted by molar-refractivity contribution is -0.122. The summed E-state index contributed by atoms with van der Waals surface area (Å²) in [6, 6.07) is 8.72. The maximum atomic E-state index is 13.8. The fourth-order valence-electron chi connectivity index (χ4n) is 3.72. The molecule has 0 radical (unpaired) electrons. The van der Waals surface area contributed by atoms with Crippen LogP contribution in [0, 0.1) is 17.5 Å². The van der Waals surface area contributed by atoms with Crippen molar-refractivity contribution in [2.75, 3.05) is 32.7 Å². The largest absolute Gasteiger partial charge is 0.352 e. The first-order valence-corrected chi connectivity index (χ1v) is 10.3. The van der Waals surface area contributed by atoms with Gasteiger partial charge in [0.05, 0.1) is 6.54 Å². The van der Waals surface area contributed by atoms with Crippen molar-refractivity contribution >= 4 is 11.8 Å². The summed E-state index contributed by atoms with van der Waals surface area (Å²) in [7, 11) is 0. The van der Waals surface area contributed by atoms with Crippen molar-refractivity contribution in [2.24, 2.45) is 0 Å². The van der Waals surface area contributed by atoms with Crippen molar-refractivity contribution in [3.05, 3.63) is 71.0 Å². The molecule has 1 unspecified atom stereocenters. The summed E-state index contributed by atoms with van der Waals surface area (Å²) >= 11 is 0. The van der Waals surface area contributed by atoms with Gasteiger partial charge in [0.15, 0.2) is 0 Å². The molecule has 2 aromatic rings. The maximum absolute atomic E-state index is 13.8. The van der Waals surface area contributed by atoms with Gasteiger partial charge in [0, 0.05) is 43.3 Å². The fourth-order valence-corrected chi connectivity index (χ4v) is 3.72. The SMILES string of the molecule is CC(Cc1c(F)cccc1F)NC(=O)CN1CCCN(C(=O)c2ccc(F)cc2)CC1. The third-order valence-electron chi connectivity index (χ3n) is 5.31. The van der Waals surface area contributed by atoms with E-state index in [1.807, 2.05) is 4.90 Å². The summed E-state index contributed by atoms with van der Waals surface area (Å²) in [5.74, 6) is -2.04. The van der Waals surface area contributed by atoms with Crippen LogP contribution in [0.4, 0.5) is 13.2 Å². The van der Waals surface area contributed by atoms with Crippen LogP contribution >= 0.6 is 0 Å². The van der Waals surface area contributed by atoms with Gasteiger partial charge in [0.25, 0.3) is 5.91 Å². The lowest BCUT2D eigenvalue weighted by atomic mass is 10.1. The van der Waals surface area contributed by atoms with Crippen molar-refractivity contribution in [3.8, 4) is 0 Å². The highest BCUT2D eigenvalue weighted by Gasteiger charge is 2.22. The van der Waals surface area contributed by atoms with E-state index in [1.54, 1.807) is 11.8 Å². The third kappa shape index (κ3) is 6.30. The number of rotatable bonds is 6. The van der Waals surface area contributed by atoms with E-state index in [2.05, 4.69) is 5.32 Å². The minimum atomic E-state index is -0.625. The average Bonchev–Trinajstić information content (AvgIpc) is 2.96. The van der Waals surface area contributed by atoms with Gasteiger partial charge in [0.1, 0.15) is 17.5 Å². The molecule has 1 saturated heterocycles. The van der Waals surface area contributed by atoms with Gasteiger partial charge in [-0.1, -0.05) is 6.07 Å². The van der Waals surface area contributed by atoms with E-state index in [9.17, 15) is 22.8 Å². The Balaban J connectivity index is 1.48. The zero-order valence-electron chi connectivity index (χ0n) is 17.4. The Morgan fingerprint density at radius 2 is 1.65 bits per heavy atom. The topological polar surface area (TPSA) is 52.7 Å². The predicted octanol–water partition coefficient (Wildman–Crippen LogP) is 3.00. The molecule has 31 heavy (non-hydrogen) atoms. The van der Waals surface area contributed by atoms with Gasteiger partial charge < -0.3 is 10.2 Å². The van der Waals surface area contributed by atoms with Gasteiger partial charge in [-0.05, 0) is 56.2 Å². The van der Waals surface area contributed by atoms with Crippen LogP contribution < -0.4 is 5.32 Å². The standard InChI is InChI=1S/C23H26F3N3O2/c1-16(14-19-20(25)4-2-5-21(19)26)27-22(30)15-28-10-3-11-29(13-12-28)23(31)17-6-8-18(24)9-7-17/h2,4-9,16H,3,10-15H2,1H3,(H,27,30). The van der Waals surface area contributed by atoms with Crippen LogP contribution in [-0.2, 0) is 11.2 Å². The van der Waals surface area contributed by atoms with E-state index in [4.69, 9.17) is 0 Å². The Kier molecular flexibility index (Phi) is 7.68. The van der Waals surface area contributed by atoms with Crippen molar-refractivity contribution in [1.82, 2.24) is 15.1 Å². The van der Waals surface area contributed by atoms with Crippen LogP contribution in [0.15, 0.2) is 42.5 Å². The Morgan fingerprint density at radius 1 is 0.968 bits per heavy atom. The van der Waals surface area contributed by atoms with Gasteiger partial charge in [-0.3, -0.25) is 14.5 Å². The molecule has 1 atom stereocenters. The summed E-state index contributed by atoms with van der Waals surface area (Å²) in [5, 5.41) is 2.79. The lowest BCUT2D eigenvalue weighted by Gasteiger charge is -2.22. The van der Waals surface area contributed by atoms with Crippen LogP contribution in [-0.4, -0.2) is 60.4 Å². The molecule has 0 spiro atoms. The molecule has 8 heteroatoms. The molecule has 2 amide bonds. The van der Waals surface area contributed by atoms with E-state index in [0.717, 1.165) is 0 Å². The second-order valence-corrected chi connectivity index (χ2v) is 7.80. The molecule has 0 aliphatic carbocycles. The quantitative estimate of drug-likeness (QED) is 0.762. The lowest BCUT2D eigenvalue weighted by Crippen LogP contribution is -2.43. The molecular formula is C23H26F3N3O2. The highest BCUT2D eigenvalue weighted by molar-refractivity contribution is 5.94. The smallest absolute Gasteiger partial charge is 0.253 e. The summed E-state index contributed by atoms with van der Waals surface area (Å²) in [5.41, 5.74) is 0.391. The van der Waals surface area contributed by atoms with E-state index in [0.29, 0.717) is 38.2 Å². The minimum absolute atomic E-state index is 0.0416. The van der Waals surface area contributed by atoms with Crippen LogP contribution in [0.25, 0.3) is 0 Å². The highest BCUT2D eigenvalue weighted by atomic mass is 19.1. The molecule has 0 aromatic heterocycles. The van der Waals surface area contributed by atoms with Gasteiger partial charge in [0.2, 0.25) is 5.91 Å². The number of amides is 2. The molecular weight excluding hydrogens is 407 g/mol. The number of benzene rings is 2. The molecule has 5 nitrogen and oxygen atoms in total. The van der Waals surface area contributed by atoms with Gasteiger partial charge in [-0.15, -0.1) is 0 Å². The Labute approximate surface area is 179 Å². The number of nitrogens with one attached hydrogen (secondary N) is 1.